The van der Waals surface area contributed by atoms with Crippen molar-refractivity contribution in [1.29, 1.82) is 0 Å². The second kappa shape index (κ2) is 9.84. The fourth-order valence-corrected chi connectivity index (χ4v) is 4.94. The zero-order chi connectivity index (χ0) is 24.4. The standard InChI is InChI=1S/C26H25ClN4O4/c27-19-6-8-20(9-7-19)28-26(34)29-22-10-11-23-18-12-17(14-31(23)25(22)33)13-30(15-18)24(32)16-35-21-4-2-1-3-5-21/h1-11,17-18H,12-16H2,(H2,28,29,34)/t17-,18-/m1/s1. The van der Waals surface area contributed by atoms with Crippen molar-refractivity contribution in [1.82, 2.24) is 9.47 Å². The Bertz CT molecular complexity index is 1290. The molecule has 2 bridgehead atoms. The van der Waals surface area contributed by atoms with E-state index in [2.05, 4.69) is 10.6 Å². The average Bonchev–Trinajstić information content (AvgIpc) is 2.86. The molecule has 0 spiro atoms. The summed E-state index contributed by atoms with van der Waals surface area (Å²) in [6.07, 6.45) is 0.923. The van der Waals surface area contributed by atoms with Crippen LogP contribution in [-0.2, 0) is 11.3 Å². The number of aromatic nitrogens is 1. The highest BCUT2D eigenvalue weighted by Gasteiger charge is 2.36. The maximum atomic E-state index is 13.2. The molecule has 2 aliphatic rings. The van der Waals surface area contributed by atoms with E-state index < -0.39 is 6.03 Å². The highest BCUT2D eigenvalue weighted by Crippen LogP contribution is 2.35. The van der Waals surface area contributed by atoms with Gasteiger partial charge in [0.15, 0.2) is 6.61 Å². The zero-order valence-corrected chi connectivity index (χ0v) is 19.7. The summed E-state index contributed by atoms with van der Waals surface area (Å²) in [5.74, 6) is 0.831. The summed E-state index contributed by atoms with van der Waals surface area (Å²) < 4.78 is 7.37. The van der Waals surface area contributed by atoms with E-state index in [0.717, 1.165) is 12.1 Å². The van der Waals surface area contributed by atoms with Gasteiger partial charge in [0.05, 0.1) is 0 Å². The van der Waals surface area contributed by atoms with Crippen LogP contribution in [-0.4, -0.2) is 41.1 Å². The fourth-order valence-electron chi connectivity index (χ4n) is 4.82. The topological polar surface area (TPSA) is 92.7 Å². The number of benzene rings is 2. The number of urea groups is 1. The first kappa shape index (κ1) is 23.0. The number of fused-ring (bicyclic) bond motifs is 4. The number of para-hydroxylation sites is 1. The normalized spacial score (nSPS) is 18.4. The molecule has 2 aliphatic heterocycles. The molecule has 1 aromatic heterocycles. The molecule has 0 saturated carbocycles. The van der Waals surface area contributed by atoms with E-state index in [1.807, 2.05) is 41.3 Å². The molecule has 3 heterocycles. The summed E-state index contributed by atoms with van der Waals surface area (Å²) in [5.41, 5.74) is 1.43. The molecular formula is C26H25ClN4O4. The third kappa shape index (κ3) is 5.17. The van der Waals surface area contributed by atoms with E-state index in [-0.39, 0.29) is 35.6 Å². The maximum absolute atomic E-state index is 13.2. The van der Waals surface area contributed by atoms with E-state index in [1.54, 1.807) is 34.9 Å². The molecular weight excluding hydrogens is 468 g/mol. The van der Waals surface area contributed by atoms with Crippen molar-refractivity contribution in [2.24, 2.45) is 5.92 Å². The predicted molar refractivity (Wildman–Crippen MR) is 134 cm³/mol. The molecule has 5 rings (SSSR count). The second-order valence-electron chi connectivity index (χ2n) is 8.87. The monoisotopic (exact) mass is 492 g/mol. The molecule has 1 fully saturated rings. The number of piperidine rings is 1. The van der Waals surface area contributed by atoms with Gasteiger partial charge in [-0.2, -0.15) is 0 Å². The van der Waals surface area contributed by atoms with Gasteiger partial charge in [-0.3, -0.25) is 9.59 Å². The molecule has 9 heteroatoms. The highest BCUT2D eigenvalue weighted by molar-refractivity contribution is 6.30. The number of amides is 3. The van der Waals surface area contributed by atoms with E-state index in [1.165, 1.54) is 0 Å². The first-order valence-corrected chi connectivity index (χ1v) is 11.9. The molecule has 2 aromatic carbocycles. The first-order valence-electron chi connectivity index (χ1n) is 11.5. The quantitative estimate of drug-likeness (QED) is 0.559. The van der Waals surface area contributed by atoms with Gasteiger partial charge in [-0.1, -0.05) is 29.8 Å². The number of pyridine rings is 1. The summed E-state index contributed by atoms with van der Waals surface area (Å²) in [4.78, 5) is 40.2. The number of likely N-dealkylation sites (tertiary alicyclic amines) is 1. The van der Waals surface area contributed by atoms with E-state index >= 15 is 0 Å². The molecule has 2 N–H and O–H groups in total. The predicted octanol–water partition coefficient (Wildman–Crippen LogP) is 4.17. The summed E-state index contributed by atoms with van der Waals surface area (Å²) in [6, 6.07) is 19.0. The van der Waals surface area contributed by atoms with Gasteiger partial charge >= 0.3 is 6.03 Å². The van der Waals surface area contributed by atoms with Crippen LogP contribution in [0.1, 0.15) is 18.0 Å². The van der Waals surface area contributed by atoms with Crippen molar-refractivity contribution < 1.29 is 14.3 Å². The summed E-state index contributed by atoms with van der Waals surface area (Å²) in [6.45, 7) is 1.61. The lowest BCUT2D eigenvalue weighted by Gasteiger charge is -2.42. The van der Waals surface area contributed by atoms with Crippen LogP contribution in [0.3, 0.4) is 0 Å². The molecule has 8 nitrogen and oxygen atoms in total. The second-order valence-corrected chi connectivity index (χ2v) is 9.31. The molecule has 0 unspecified atom stereocenters. The molecule has 35 heavy (non-hydrogen) atoms. The third-order valence-corrected chi connectivity index (χ3v) is 6.66. The van der Waals surface area contributed by atoms with Crippen LogP contribution in [0.15, 0.2) is 71.5 Å². The van der Waals surface area contributed by atoms with E-state index in [9.17, 15) is 14.4 Å². The van der Waals surface area contributed by atoms with Gasteiger partial charge in [0.25, 0.3) is 11.5 Å². The minimum absolute atomic E-state index is 0.0121. The van der Waals surface area contributed by atoms with Crippen LogP contribution >= 0.6 is 11.6 Å². The highest BCUT2D eigenvalue weighted by atomic mass is 35.5. The average molecular weight is 493 g/mol. The SMILES string of the molecule is O=C(Nc1ccc(Cl)cc1)Nc1ccc2n(c1=O)C[C@@H]1C[C@@H]2CN(C(=O)COc2ccccc2)C1. The number of ether oxygens (including phenoxy) is 1. The number of carbonyl (C=O) groups is 2. The number of nitrogens with one attached hydrogen (secondary N) is 2. The lowest BCUT2D eigenvalue weighted by molar-refractivity contribution is -0.136. The van der Waals surface area contributed by atoms with Crippen molar-refractivity contribution in [2.45, 2.75) is 18.9 Å². The number of anilines is 2. The Morgan fingerprint density at radius 3 is 2.49 bits per heavy atom. The van der Waals surface area contributed by atoms with Gasteiger partial charge in [-0.15, -0.1) is 0 Å². The molecule has 3 aromatic rings. The lowest BCUT2D eigenvalue weighted by Crippen LogP contribution is -2.50. The zero-order valence-electron chi connectivity index (χ0n) is 18.9. The number of hydrogen-bond acceptors (Lipinski definition) is 4. The molecule has 180 valence electrons. The Hall–Kier alpha value is -3.78. The number of rotatable bonds is 5. The Kier molecular flexibility index (Phi) is 6.46. The van der Waals surface area contributed by atoms with E-state index in [0.29, 0.717) is 36.1 Å². The molecule has 3 amide bonds. The van der Waals surface area contributed by atoms with Crippen molar-refractivity contribution >= 4 is 34.9 Å². The van der Waals surface area contributed by atoms with E-state index in [4.69, 9.17) is 16.3 Å². The fraction of sp³-hybridized carbons (Fsp3) is 0.269. The Morgan fingerprint density at radius 2 is 1.71 bits per heavy atom. The van der Waals surface area contributed by atoms with Crippen molar-refractivity contribution in [3.05, 3.63) is 87.8 Å². The van der Waals surface area contributed by atoms with Crippen molar-refractivity contribution in [2.75, 3.05) is 30.3 Å². The Balaban J connectivity index is 1.25. The van der Waals surface area contributed by atoms with Gasteiger partial charge in [0, 0.05) is 42.0 Å². The Morgan fingerprint density at radius 1 is 0.943 bits per heavy atom. The van der Waals surface area contributed by atoms with Crippen molar-refractivity contribution in [3.8, 4) is 5.75 Å². The number of halogens is 1. The molecule has 1 saturated heterocycles. The maximum Gasteiger partial charge on any atom is 0.323 e. The van der Waals surface area contributed by atoms with Crippen LogP contribution in [0.5, 0.6) is 5.75 Å². The van der Waals surface area contributed by atoms with Crippen LogP contribution < -0.4 is 20.9 Å². The molecule has 0 radical (unpaired) electrons. The van der Waals surface area contributed by atoms with Crippen molar-refractivity contribution in [3.63, 3.8) is 0 Å². The van der Waals surface area contributed by atoms with Gasteiger partial charge < -0.3 is 24.8 Å². The summed E-state index contributed by atoms with van der Waals surface area (Å²) in [5, 5.41) is 5.91. The smallest absolute Gasteiger partial charge is 0.323 e. The summed E-state index contributed by atoms with van der Waals surface area (Å²) >= 11 is 5.87. The van der Waals surface area contributed by atoms with Gasteiger partial charge in [0.1, 0.15) is 11.4 Å². The van der Waals surface area contributed by atoms with Gasteiger partial charge in [-0.05, 0) is 60.9 Å². The minimum Gasteiger partial charge on any atom is -0.484 e. The third-order valence-electron chi connectivity index (χ3n) is 6.41. The van der Waals surface area contributed by atoms with Crippen LogP contribution in [0.25, 0.3) is 0 Å². The van der Waals surface area contributed by atoms with Gasteiger partial charge in [0.2, 0.25) is 0 Å². The Labute approximate surface area is 207 Å². The van der Waals surface area contributed by atoms with Crippen LogP contribution in [0, 0.1) is 5.92 Å². The first-order chi connectivity index (χ1) is 17.0. The lowest BCUT2D eigenvalue weighted by atomic mass is 9.83. The number of nitrogens with zero attached hydrogens (tertiary/aromatic N) is 2. The van der Waals surface area contributed by atoms with Gasteiger partial charge in [-0.25, -0.2) is 4.79 Å². The minimum atomic E-state index is -0.504. The largest absolute Gasteiger partial charge is 0.484 e. The van der Waals surface area contributed by atoms with Crippen LogP contribution in [0.4, 0.5) is 16.2 Å². The molecule has 0 aliphatic carbocycles. The number of carbonyl (C=O) groups excluding carboxylic acids is 2. The number of hydrogen-bond donors (Lipinski definition) is 2. The summed E-state index contributed by atoms with van der Waals surface area (Å²) in [7, 11) is 0. The molecule has 2 atom stereocenters. The van der Waals surface area contributed by atoms with Crippen LogP contribution in [0.2, 0.25) is 5.02 Å².